The van der Waals surface area contributed by atoms with Gasteiger partial charge >= 0.3 is 5.97 Å². The molecule has 0 aromatic heterocycles. The fraction of sp³-hybridized carbons (Fsp3) is 0.471. The van der Waals surface area contributed by atoms with E-state index in [1.807, 2.05) is 0 Å². The van der Waals surface area contributed by atoms with Gasteiger partial charge in [0.2, 0.25) is 14.7 Å². The Balaban J connectivity index is 2.21. The monoisotopic (exact) mass is 492 g/mol. The van der Waals surface area contributed by atoms with Gasteiger partial charge in [0.25, 0.3) is 0 Å². The number of esters is 1. The van der Waals surface area contributed by atoms with Crippen molar-refractivity contribution in [2.75, 3.05) is 40.0 Å². The largest absolute Gasteiger partial charge is 0.467 e. The summed E-state index contributed by atoms with van der Waals surface area (Å²) in [5.41, 5.74) is 6.02. The Kier molecular flexibility index (Phi) is 7.42. The van der Waals surface area contributed by atoms with Crippen LogP contribution in [0.3, 0.4) is 0 Å². The van der Waals surface area contributed by atoms with E-state index >= 15 is 0 Å². The second-order valence-electron chi connectivity index (χ2n) is 5.76. The molecule has 26 heavy (non-hydrogen) atoms. The highest BCUT2D eigenvalue weighted by atomic mass is 127. The third-order valence-corrected chi connectivity index (χ3v) is 6.90. The lowest BCUT2D eigenvalue weighted by molar-refractivity contribution is -0.143. The van der Waals surface area contributed by atoms with Gasteiger partial charge in [-0.1, -0.05) is 11.8 Å². The van der Waals surface area contributed by atoms with Gasteiger partial charge in [0.1, 0.15) is 0 Å². The molecule has 0 aliphatic carbocycles. The summed E-state index contributed by atoms with van der Waals surface area (Å²) in [6.45, 7) is 3.28. The highest BCUT2D eigenvalue weighted by Gasteiger charge is 2.49. The molecule has 1 aliphatic heterocycles. The van der Waals surface area contributed by atoms with Crippen LogP contribution in [-0.4, -0.2) is 64.1 Å². The van der Waals surface area contributed by atoms with Gasteiger partial charge in [0.15, 0.2) is 0 Å². The Morgan fingerprint density at radius 1 is 1.31 bits per heavy atom. The summed E-state index contributed by atoms with van der Waals surface area (Å²) in [6.07, 6.45) is -0.349. The van der Waals surface area contributed by atoms with Crippen molar-refractivity contribution < 1.29 is 22.7 Å². The number of nitrogens with zero attached hydrogens (tertiary/aromatic N) is 1. The molecule has 0 spiro atoms. The SMILES string of the molecule is COC(=O)C(N)(CC#CCN1CCOCC1)S(=O)(=O)c1ccc(I)cc1. The highest BCUT2D eigenvalue weighted by molar-refractivity contribution is 14.1. The van der Waals surface area contributed by atoms with E-state index in [9.17, 15) is 13.2 Å². The van der Waals surface area contributed by atoms with E-state index in [1.165, 1.54) is 12.1 Å². The molecule has 2 N–H and O–H groups in total. The molecular weight excluding hydrogens is 471 g/mol. The molecule has 1 aromatic rings. The number of hydrogen-bond acceptors (Lipinski definition) is 7. The second-order valence-corrected chi connectivity index (χ2v) is 9.21. The normalized spacial score (nSPS) is 17.7. The van der Waals surface area contributed by atoms with Gasteiger partial charge in [-0.05, 0) is 46.9 Å². The van der Waals surface area contributed by atoms with Crippen molar-refractivity contribution in [1.82, 2.24) is 4.90 Å². The van der Waals surface area contributed by atoms with Crippen LogP contribution in [0.4, 0.5) is 0 Å². The number of ether oxygens (including phenoxy) is 2. The zero-order chi connectivity index (χ0) is 19.2. The first-order chi connectivity index (χ1) is 12.3. The van der Waals surface area contributed by atoms with Crippen molar-refractivity contribution in [3.63, 3.8) is 0 Å². The van der Waals surface area contributed by atoms with E-state index in [1.54, 1.807) is 12.1 Å². The number of methoxy groups -OCH3 is 1. The van der Waals surface area contributed by atoms with E-state index < -0.39 is 20.7 Å². The molecule has 142 valence electrons. The molecule has 1 fully saturated rings. The number of morpholine rings is 1. The van der Waals surface area contributed by atoms with Crippen LogP contribution in [-0.2, 0) is 24.1 Å². The molecular formula is C17H21IN2O5S. The molecule has 9 heteroatoms. The lowest BCUT2D eigenvalue weighted by Crippen LogP contribution is -2.55. The maximum absolute atomic E-state index is 12.9. The Morgan fingerprint density at radius 3 is 2.50 bits per heavy atom. The average molecular weight is 492 g/mol. The zero-order valence-electron chi connectivity index (χ0n) is 14.4. The predicted molar refractivity (Wildman–Crippen MR) is 105 cm³/mol. The average Bonchev–Trinajstić information content (AvgIpc) is 2.65. The minimum Gasteiger partial charge on any atom is -0.467 e. The predicted octanol–water partition coefficient (Wildman–Crippen LogP) is 0.619. The summed E-state index contributed by atoms with van der Waals surface area (Å²) in [7, 11) is -3.06. The summed E-state index contributed by atoms with van der Waals surface area (Å²) in [5, 5.41) is 0. The van der Waals surface area contributed by atoms with Crippen LogP contribution >= 0.6 is 22.6 Å². The third-order valence-electron chi connectivity index (χ3n) is 4.02. The van der Waals surface area contributed by atoms with Crippen LogP contribution in [0, 0.1) is 15.4 Å². The lowest BCUT2D eigenvalue weighted by Gasteiger charge is -2.25. The Bertz CT molecular complexity index is 795. The fourth-order valence-corrected chi connectivity index (χ4v) is 4.23. The molecule has 1 saturated heterocycles. The van der Waals surface area contributed by atoms with Crippen LogP contribution in [0.25, 0.3) is 0 Å². The maximum atomic E-state index is 12.9. The van der Waals surface area contributed by atoms with Gasteiger partial charge in [-0.3, -0.25) is 4.90 Å². The van der Waals surface area contributed by atoms with Crippen LogP contribution < -0.4 is 5.73 Å². The lowest BCUT2D eigenvalue weighted by atomic mass is 10.2. The third kappa shape index (κ3) is 4.75. The van der Waals surface area contributed by atoms with E-state index in [2.05, 4.69) is 44.1 Å². The van der Waals surface area contributed by atoms with Gasteiger partial charge in [-0.25, -0.2) is 13.2 Å². The van der Waals surface area contributed by atoms with E-state index in [0.717, 1.165) is 23.8 Å². The molecule has 0 amide bonds. The summed E-state index contributed by atoms with van der Waals surface area (Å²) in [6, 6.07) is 6.11. The summed E-state index contributed by atoms with van der Waals surface area (Å²) in [4.78, 5) is 12.0. The second kappa shape index (κ2) is 9.14. The van der Waals surface area contributed by atoms with E-state index in [-0.39, 0.29) is 11.3 Å². The summed E-state index contributed by atoms with van der Waals surface area (Å²) >= 11 is 2.06. The Hall–Kier alpha value is -1.19. The van der Waals surface area contributed by atoms with Crippen LogP contribution in [0.1, 0.15) is 6.42 Å². The van der Waals surface area contributed by atoms with Crippen molar-refractivity contribution in [2.24, 2.45) is 5.73 Å². The molecule has 1 aliphatic rings. The minimum absolute atomic E-state index is 0.0409. The number of hydrogen-bond donors (Lipinski definition) is 1. The van der Waals surface area contributed by atoms with Gasteiger partial charge in [0, 0.05) is 16.7 Å². The smallest absolute Gasteiger partial charge is 0.343 e. The zero-order valence-corrected chi connectivity index (χ0v) is 17.4. The van der Waals surface area contributed by atoms with E-state index in [0.29, 0.717) is 19.8 Å². The molecule has 1 unspecified atom stereocenters. The van der Waals surface area contributed by atoms with Crippen molar-refractivity contribution in [1.29, 1.82) is 0 Å². The first kappa shape index (κ1) is 21.1. The first-order valence-electron chi connectivity index (χ1n) is 7.94. The van der Waals surface area contributed by atoms with Gasteiger partial charge in [0.05, 0.1) is 38.2 Å². The van der Waals surface area contributed by atoms with Crippen LogP contribution in [0.2, 0.25) is 0 Å². The standard InChI is InChI=1S/C17H21IN2O5S/c1-24-16(21)17(19,8-2-3-9-20-10-12-25-13-11-20)26(22,23)15-6-4-14(18)5-7-15/h4-7H,8-13,19H2,1H3. The molecule has 0 bridgehead atoms. The molecule has 1 heterocycles. The number of halogens is 1. The highest BCUT2D eigenvalue weighted by Crippen LogP contribution is 2.26. The number of sulfone groups is 1. The molecule has 1 aromatic carbocycles. The van der Waals surface area contributed by atoms with Crippen molar-refractivity contribution >= 4 is 38.4 Å². The number of nitrogens with two attached hydrogens (primary N) is 1. The number of carbonyl (C=O) groups is 1. The van der Waals surface area contributed by atoms with Gasteiger partial charge in [-0.2, -0.15) is 0 Å². The van der Waals surface area contributed by atoms with Gasteiger partial charge < -0.3 is 15.2 Å². The Morgan fingerprint density at radius 2 is 1.92 bits per heavy atom. The van der Waals surface area contributed by atoms with Crippen molar-refractivity contribution in [3.8, 4) is 11.8 Å². The molecule has 7 nitrogen and oxygen atoms in total. The topological polar surface area (TPSA) is 98.9 Å². The molecule has 2 rings (SSSR count). The number of rotatable bonds is 5. The maximum Gasteiger partial charge on any atom is 0.343 e. The van der Waals surface area contributed by atoms with Crippen LogP contribution in [0.15, 0.2) is 29.2 Å². The molecule has 0 saturated carbocycles. The minimum atomic E-state index is -4.17. The summed E-state index contributed by atoms with van der Waals surface area (Å²) < 4.78 is 36.7. The van der Waals surface area contributed by atoms with E-state index in [4.69, 9.17) is 10.5 Å². The molecule has 1 atom stereocenters. The fourth-order valence-electron chi connectivity index (χ4n) is 2.39. The Labute approximate surface area is 167 Å². The number of carbonyl (C=O) groups excluding carboxylic acids is 1. The number of benzene rings is 1. The molecule has 0 radical (unpaired) electrons. The van der Waals surface area contributed by atoms with Crippen LogP contribution in [0.5, 0.6) is 0 Å². The van der Waals surface area contributed by atoms with Gasteiger partial charge in [-0.15, -0.1) is 0 Å². The quantitative estimate of drug-likeness (QED) is 0.366. The summed E-state index contributed by atoms with van der Waals surface area (Å²) in [5.74, 6) is 4.60. The van der Waals surface area contributed by atoms with Crippen molar-refractivity contribution in [3.05, 3.63) is 27.8 Å². The van der Waals surface area contributed by atoms with Crippen molar-refractivity contribution in [2.45, 2.75) is 16.2 Å². The first-order valence-corrected chi connectivity index (χ1v) is 10.5.